The fourth-order valence-corrected chi connectivity index (χ4v) is 3.85. The van der Waals surface area contributed by atoms with Crippen LogP contribution in [-0.4, -0.2) is 53.8 Å². The molecule has 0 radical (unpaired) electrons. The summed E-state index contributed by atoms with van der Waals surface area (Å²) < 4.78 is 0. The van der Waals surface area contributed by atoms with Gasteiger partial charge in [0.2, 0.25) is 5.91 Å². The highest BCUT2D eigenvalue weighted by atomic mass is 35.5. The molecule has 0 saturated carbocycles. The van der Waals surface area contributed by atoms with Gasteiger partial charge in [-0.15, -0.1) is 0 Å². The minimum Gasteiger partial charge on any atom is -0.375 e. The van der Waals surface area contributed by atoms with Crippen molar-refractivity contribution in [3.05, 3.63) is 28.8 Å². The fraction of sp³-hybridized carbons (Fsp3) is 0.579. The molecule has 1 aromatic carbocycles. The highest BCUT2D eigenvalue weighted by Gasteiger charge is 2.25. The Bertz CT molecular complexity index is 644. The first-order valence-corrected chi connectivity index (χ1v) is 9.56. The zero-order chi connectivity index (χ0) is 17.8. The summed E-state index contributed by atoms with van der Waals surface area (Å²) in [6, 6.07) is 5.50. The van der Waals surface area contributed by atoms with E-state index in [-0.39, 0.29) is 24.4 Å². The highest BCUT2D eigenvalue weighted by Crippen LogP contribution is 2.24. The minimum absolute atomic E-state index is 0.00968. The maximum atomic E-state index is 12.7. The number of piperidine rings is 1. The van der Waals surface area contributed by atoms with E-state index in [9.17, 15) is 9.59 Å². The Labute approximate surface area is 154 Å². The van der Waals surface area contributed by atoms with Crippen molar-refractivity contribution in [3.8, 4) is 0 Å². The zero-order valence-electron chi connectivity index (χ0n) is 14.8. The van der Waals surface area contributed by atoms with E-state index < -0.39 is 0 Å². The molecule has 0 aliphatic carbocycles. The van der Waals surface area contributed by atoms with Gasteiger partial charge in [0.1, 0.15) is 0 Å². The molecule has 6 heteroatoms. The third-order valence-electron chi connectivity index (χ3n) is 5.16. The van der Waals surface area contributed by atoms with Gasteiger partial charge < -0.3 is 15.1 Å². The average Bonchev–Trinajstić information content (AvgIpc) is 3.14. The van der Waals surface area contributed by atoms with Gasteiger partial charge in [0.05, 0.1) is 12.1 Å². The molecule has 2 saturated heterocycles. The number of nitrogens with zero attached hydrogens (tertiary/aromatic N) is 2. The second-order valence-corrected chi connectivity index (χ2v) is 7.41. The quantitative estimate of drug-likeness (QED) is 0.892. The van der Waals surface area contributed by atoms with Gasteiger partial charge in [0, 0.05) is 36.4 Å². The van der Waals surface area contributed by atoms with Crippen molar-refractivity contribution in [3.63, 3.8) is 0 Å². The molecule has 1 aromatic rings. The van der Waals surface area contributed by atoms with E-state index in [2.05, 4.69) is 12.2 Å². The summed E-state index contributed by atoms with van der Waals surface area (Å²) in [5, 5.41) is 3.71. The van der Waals surface area contributed by atoms with Crippen LogP contribution in [0, 0.1) is 0 Å². The standard InChI is InChI=1S/C19H26ClN3O2/c1-14-6-2-3-11-23(14)18(24)13-21-17-12-15(20)7-8-16(17)19(25)22-9-4-5-10-22/h7-8,12,14,21H,2-6,9-11,13H2,1H3. The van der Waals surface area contributed by atoms with E-state index in [1.165, 1.54) is 6.42 Å². The molecular formula is C19H26ClN3O2. The summed E-state index contributed by atoms with van der Waals surface area (Å²) in [5.41, 5.74) is 1.23. The van der Waals surface area contributed by atoms with Gasteiger partial charge in [0.25, 0.3) is 5.91 Å². The number of anilines is 1. The maximum absolute atomic E-state index is 12.7. The summed E-state index contributed by atoms with van der Waals surface area (Å²) in [5.74, 6) is 0.0854. The summed E-state index contributed by atoms with van der Waals surface area (Å²) in [4.78, 5) is 29.1. The highest BCUT2D eigenvalue weighted by molar-refractivity contribution is 6.31. The van der Waals surface area contributed by atoms with Gasteiger partial charge in [-0.3, -0.25) is 9.59 Å². The summed E-state index contributed by atoms with van der Waals surface area (Å²) >= 11 is 6.11. The van der Waals surface area contributed by atoms with Crippen molar-refractivity contribution >= 4 is 29.1 Å². The Balaban J connectivity index is 1.69. The second-order valence-electron chi connectivity index (χ2n) is 6.97. The van der Waals surface area contributed by atoms with E-state index in [4.69, 9.17) is 11.6 Å². The molecule has 2 aliphatic rings. The van der Waals surface area contributed by atoms with Crippen LogP contribution in [0.4, 0.5) is 5.69 Å². The van der Waals surface area contributed by atoms with E-state index in [1.807, 2.05) is 9.80 Å². The van der Waals surface area contributed by atoms with Crippen LogP contribution in [0.1, 0.15) is 49.4 Å². The van der Waals surface area contributed by atoms with Crippen LogP contribution in [0.2, 0.25) is 5.02 Å². The molecular weight excluding hydrogens is 338 g/mol. The van der Waals surface area contributed by atoms with Gasteiger partial charge in [0.15, 0.2) is 0 Å². The molecule has 25 heavy (non-hydrogen) atoms. The SMILES string of the molecule is CC1CCCCN1C(=O)CNc1cc(Cl)ccc1C(=O)N1CCCC1. The summed E-state index contributed by atoms with van der Waals surface area (Å²) in [6.07, 6.45) is 5.40. The van der Waals surface area contributed by atoms with Crippen LogP contribution in [-0.2, 0) is 4.79 Å². The number of carbonyl (C=O) groups is 2. The zero-order valence-corrected chi connectivity index (χ0v) is 15.5. The molecule has 136 valence electrons. The second kappa shape index (κ2) is 8.09. The Hall–Kier alpha value is -1.75. The van der Waals surface area contributed by atoms with Crippen LogP contribution in [0.5, 0.6) is 0 Å². The number of hydrogen-bond acceptors (Lipinski definition) is 3. The first-order valence-electron chi connectivity index (χ1n) is 9.18. The van der Waals surface area contributed by atoms with Gasteiger partial charge in [-0.05, 0) is 57.2 Å². The fourth-order valence-electron chi connectivity index (χ4n) is 3.68. The van der Waals surface area contributed by atoms with Crippen LogP contribution >= 0.6 is 11.6 Å². The largest absolute Gasteiger partial charge is 0.375 e. The number of likely N-dealkylation sites (tertiary alicyclic amines) is 2. The molecule has 3 rings (SSSR count). The van der Waals surface area contributed by atoms with Crippen LogP contribution < -0.4 is 5.32 Å². The molecule has 2 aliphatic heterocycles. The number of nitrogens with one attached hydrogen (secondary N) is 1. The average molecular weight is 364 g/mol. The van der Waals surface area contributed by atoms with Gasteiger partial charge in [-0.2, -0.15) is 0 Å². The number of halogens is 1. The molecule has 0 spiro atoms. The molecule has 0 bridgehead atoms. The molecule has 2 fully saturated rings. The number of amides is 2. The van der Waals surface area contributed by atoms with Crippen molar-refractivity contribution in [2.45, 2.75) is 45.1 Å². The van der Waals surface area contributed by atoms with Crippen molar-refractivity contribution in [2.24, 2.45) is 0 Å². The van der Waals surface area contributed by atoms with Gasteiger partial charge >= 0.3 is 0 Å². The molecule has 2 heterocycles. The lowest BCUT2D eigenvalue weighted by atomic mass is 10.0. The molecule has 1 unspecified atom stereocenters. The van der Waals surface area contributed by atoms with Crippen molar-refractivity contribution < 1.29 is 9.59 Å². The third kappa shape index (κ3) is 4.27. The van der Waals surface area contributed by atoms with E-state index >= 15 is 0 Å². The Morgan fingerprint density at radius 1 is 1.16 bits per heavy atom. The molecule has 1 N–H and O–H groups in total. The lowest BCUT2D eigenvalue weighted by Crippen LogP contribution is -2.44. The Kier molecular flexibility index (Phi) is 5.84. The van der Waals surface area contributed by atoms with E-state index in [0.717, 1.165) is 45.3 Å². The first kappa shape index (κ1) is 18.1. The molecule has 0 aromatic heterocycles. The molecule has 5 nitrogen and oxygen atoms in total. The lowest BCUT2D eigenvalue weighted by molar-refractivity contribution is -0.132. The Morgan fingerprint density at radius 3 is 2.60 bits per heavy atom. The number of carbonyl (C=O) groups excluding carboxylic acids is 2. The number of rotatable bonds is 4. The van der Waals surface area contributed by atoms with Crippen molar-refractivity contribution in [2.75, 3.05) is 31.5 Å². The van der Waals surface area contributed by atoms with Crippen LogP contribution in [0.15, 0.2) is 18.2 Å². The predicted octanol–water partition coefficient (Wildman–Crippen LogP) is 3.39. The molecule has 1 atom stereocenters. The monoisotopic (exact) mass is 363 g/mol. The third-order valence-corrected chi connectivity index (χ3v) is 5.39. The normalized spacial score (nSPS) is 20.6. The lowest BCUT2D eigenvalue weighted by Gasteiger charge is -2.33. The summed E-state index contributed by atoms with van der Waals surface area (Å²) in [6.45, 7) is 4.69. The minimum atomic E-state index is 0.00968. The summed E-state index contributed by atoms with van der Waals surface area (Å²) in [7, 11) is 0. The maximum Gasteiger partial charge on any atom is 0.255 e. The van der Waals surface area contributed by atoms with E-state index in [1.54, 1.807) is 18.2 Å². The smallest absolute Gasteiger partial charge is 0.255 e. The van der Waals surface area contributed by atoms with Crippen LogP contribution in [0.3, 0.4) is 0 Å². The number of hydrogen-bond donors (Lipinski definition) is 1. The predicted molar refractivity (Wildman–Crippen MR) is 100 cm³/mol. The van der Waals surface area contributed by atoms with Gasteiger partial charge in [-0.1, -0.05) is 11.6 Å². The Morgan fingerprint density at radius 2 is 1.88 bits per heavy atom. The van der Waals surface area contributed by atoms with Crippen molar-refractivity contribution in [1.29, 1.82) is 0 Å². The molecule has 2 amide bonds. The van der Waals surface area contributed by atoms with Crippen molar-refractivity contribution in [1.82, 2.24) is 9.80 Å². The number of benzene rings is 1. The topological polar surface area (TPSA) is 52.7 Å². The van der Waals surface area contributed by atoms with Crippen LogP contribution in [0.25, 0.3) is 0 Å². The van der Waals surface area contributed by atoms with Gasteiger partial charge in [-0.25, -0.2) is 0 Å². The van der Waals surface area contributed by atoms with E-state index in [0.29, 0.717) is 16.3 Å². The first-order chi connectivity index (χ1) is 12.1.